The number of rotatable bonds is 3. The van der Waals surface area contributed by atoms with Crippen molar-refractivity contribution >= 4 is 35.7 Å². The van der Waals surface area contributed by atoms with E-state index in [2.05, 4.69) is 16.7 Å². The minimum Gasteiger partial charge on any atom is -0.443 e. The zero-order valence-corrected chi connectivity index (χ0v) is 15.4. The molecule has 0 aliphatic heterocycles. The fourth-order valence-electron chi connectivity index (χ4n) is 1.23. The molecule has 0 atom stereocenters. The lowest BCUT2D eigenvalue weighted by atomic mass is 10.2. The van der Waals surface area contributed by atoms with E-state index in [1.165, 1.54) is 13.1 Å². The van der Waals surface area contributed by atoms with Crippen LogP contribution in [0.3, 0.4) is 0 Å². The van der Waals surface area contributed by atoms with Crippen molar-refractivity contribution in [1.29, 1.82) is 0 Å². The van der Waals surface area contributed by atoms with Gasteiger partial charge in [-0.15, -0.1) is 0 Å². The molecule has 0 aromatic carbocycles. The zero-order chi connectivity index (χ0) is 18.4. The second-order valence-electron chi connectivity index (χ2n) is 6.50. The number of carbonyl (C=O) groups excluding carboxylic acids is 2. The Bertz CT molecular complexity index is 500. The highest BCUT2D eigenvalue weighted by Crippen LogP contribution is 2.19. The van der Waals surface area contributed by atoms with Gasteiger partial charge in [-0.25, -0.2) is 14.6 Å². The Morgan fingerprint density at radius 3 is 1.70 bits per heavy atom. The molecule has 23 heavy (non-hydrogen) atoms. The summed E-state index contributed by atoms with van der Waals surface area (Å²) >= 11 is 5.81. The summed E-state index contributed by atoms with van der Waals surface area (Å²) in [6.07, 6.45) is -0.695. The SMILES string of the molecule is C=N/C(=C\C(Cl)=NC)N(C(=O)OC(C)(C)C)C(=O)OC(C)(C)C. The molecule has 2 amide bonds. The van der Waals surface area contributed by atoms with Crippen LogP contribution in [-0.2, 0) is 9.47 Å². The van der Waals surface area contributed by atoms with E-state index in [-0.39, 0.29) is 11.0 Å². The quantitative estimate of drug-likeness (QED) is 0.725. The van der Waals surface area contributed by atoms with E-state index in [0.29, 0.717) is 4.90 Å². The first-order chi connectivity index (χ1) is 10.3. The van der Waals surface area contributed by atoms with Crippen LogP contribution in [0, 0.1) is 0 Å². The van der Waals surface area contributed by atoms with E-state index < -0.39 is 23.4 Å². The van der Waals surface area contributed by atoms with E-state index in [1.54, 1.807) is 41.5 Å². The molecule has 0 radical (unpaired) electrons. The van der Waals surface area contributed by atoms with Gasteiger partial charge >= 0.3 is 12.2 Å². The fraction of sp³-hybridized carbons (Fsp3) is 0.600. The van der Waals surface area contributed by atoms with E-state index >= 15 is 0 Å². The molecule has 8 heteroatoms. The Morgan fingerprint density at radius 2 is 1.43 bits per heavy atom. The number of amides is 2. The molecular weight excluding hydrogens is 322 g/mol. The molecule has 0 saturated carbocycles. The lowest BCUT2D eigenvalue weighted by Gasteiger charge is -2.28. The number of hydrogen-bond donors (Lipinski definition) is 0. The number of ether oxygens (including phenoxy) is 2. The van der Waals surface area contributed by atoms with Crippen LogP contribution in [0.5, 0.6) is 0 Å². The predicted molar refractivity (Wildman–Crippen MR) is 91.2 cm³/mol. The Labute approximate surface area is 142 Å². The van der Waals surface area contributed by atoms with Crippen molar-refractivity contribution in [3.8, 4) is 0 Å². The van der Waals surface area contributed by atoms with Crippen molar-refractivity contribution in [1.82, 2.24) is 4.90 Å². The summed E-state index contributed by atoms with van der Waals surface area (Å²) < 4.78 is 10.4. The molecule has 0 aromatic heterocycles. The molecule has 0 aliphatic rings. The van der Waals surface area contributed by atoms with Crippen LogP contribution in [0.1, 0.15) is 41.5 Å². The van der Waals surface area contributed by atoms with Crippen LogP contribution in [0.4, 0.5) is 9.59 Å². The lowest BCUT2D eigenvalue weighted by Crippen LogP contribution is -2.42. The van der Waals surface area contributed by atoms with Crippen LogP contribution >= 0.6 is 11.6 Å². The summed E-state index contributed by atoms with van der Waals surface area (Å²) in [5.41, 5.74) is -1.63. The molecule has 0 aromatic rings. The summed E-state index contributed by atoms with van der Waals surface area (Å²) in [5.74, 6) is -0.149. The summed E-state index contributed by atoms with van der Waals surface area (Å²) in [4.78, 5) is 32.7. The van der Waals surface area contributed by atoms with Gasteiger partial charge < -0.3 is 9.47 Å². The van der Waals surface area contributed by atoms with Gasteiger partial charge in [-0.2, -0.15) is 4.90 Å². The van der Waals surface area contributed by atoms with Gasteiger partial charge in [0.25, 0.3) is 0 Å². The number of imide groups is 1. The first kappa shape index (κ1) is 21.1. The second kappa shape index (κ2) is 8.10. The molecule has 0 heterocycles. The molecule has 0 N–H and O–H groups in total. The molecule has 0 rings (SSSR count). The monoisotopic (exact) mass is 345 g/mol. The normalized spacial score (nSPS) is 13.4. The number of aliphatic imine (C=N–C) groups is 2. The van der Waals surface area contributed by atoms with Gasteiger partial charge in [0.2, 0.25) is 0 Å². The van der Waals surface area contributed by atoms with Gasteiger partial charge in [-0.3, -0.25) is 4.99 Å². The van der Waals surface area contributed by atoms with Crippen molar-refractivity contribution in [3.05, 3.63) is 11.9 Å². The second-order valence-corrected chi connectivity index (χ2v) is 6.89. The zero-order valence-electron chi connectivity index (χ0n) is 14.6. The maximum atomic E-state index is 12.3. The van der Waals surface area contributed by atoms with Gasteiger partial charge in [-0.1, -0.05) is 11.6 Å². The standard InChI is InChI=1S/C15H24ClN3O4/c1-14(2,3)22-12(20)19(13(21)23-15(4,5)6)11(18-8)9-10(16)17-7/h9H,8H2,1-7H3/b11-9+,17-10?. The Morgan fingerprint density at radius 1 is 1.04 bits per heavy atom. The van der Waals surface area contributed by atoms with Crippen molar-refractivity contribution in [2.24, 2.45) is 9.98 Å². The summed E-state index contributed by atoms with van der Waals surface area (Å²) in [6, 6.07) is 0. The van der Waals surface area contributed by atoms with Gasteiger partial charge in [0.05, 0.1) is 0 Å². The highest BCUT2D eigenvalue weighted by Gasteiger charge is 2.34. The molecule has 0 saturated heterocycles. The van der Waals surface area contributed by atoms with Gasteiger partial charge in [-0.05, 0) is 48.3 Å². The number of nitrogens with zero attached hydrogens (tertiary/aromatic N) is 3. The molecule has 130 valence electrons. The predicted octanol–water partition coefficient (Wildman–Crippen LogP) is 3.97. The average Bonchev–Trinajstić information content (AvgIpc) is 2.33. The maximum Gasteiger partial charge on any atom is 0.425 e. The number of halogens is 1. The molecule has 0 aliphatic carbocycles. The number of carbonyl (C=O) groups is 2. The summed E-state index contributed by atoms with van der Waals surface area (Å²) in [5, 5.41) is 0.0320. The summed E-state index contributed by atoms with van der Waals surface area (Å²) in [7, 11) is 1.45. The highest BCUT2D eigenvalue weighted by molar-refractivity contribution is 6.68. The van der Waals surface area contributed by atoms with E-state index in [0.717, 1.165) is 0 Å². The molecule has 0 bridgehead atoms. The average molecular weight is 346 g/mol. The largest absolute Gasteiger partial charge is 0.443 e. The molecule has 0 spiro atoms. The van der Waals surface area contributed by atoms with Crippen molar-refractivity contribution in [3.63, 3.8) is 0 Å². The highest BCUT2D eigenvalue weighted by atomic mass is 35.5. The third kappa shape index (κ3) is 8.35. The molecule has 0 unspecified atom stereocenters. The number of allylic oxidation sites excluding steroid dienone is 1. The van der Waals surface area contributed by atoms with E-state index in [9.17, 15) is 9.59 Å². The Balaban J connectivity index is 5.79. The number of hydrogen-bond acceptors (Lipinski definition) is 6. The molecular formula is C15H24ClN3O4. The lowest BCUT2D eigenvalue weighted by molar-refractivity contribution is 0.00818. The van der Waals surface area contributed by atoms with Gasteiger partial charge in [0, 0.05) is 13.1 Å². The summed E-state index contributed by atoms with van der Waals surface area (Å²) in [6.45, 7) is 13.4. The topological polar surface area (TPSA) is 80.6 Å². The van der Waals surface area contributed by atoms with Crippen molar-refractivity contribution in [2.75, 3.05) is 7.05 Å². The van der Waals surface area contributed by atoms with Crippen LogP contribution in [0.2, 0.25) is 0 Å². The third-order valence-electron chi connectivity index (χ3n) is 2.01. The third-order valence-corrected chi connectivity index (χ3v) is 2.28. The first-order valence-corrected chi connectivity index (χ1v) is 7.25. The van der Waals surface area contributed by atoms with Crippen molar-refractivity contribution in [2.45, 2.75) is 52.7 Å². The minimum absolute atomic E-state index is 0.0320. The smallest absolute Gasteiger partial charge is 0.425 e. The van der Waals surface area contributed by atoms with E-state index in [4.69, 9.17) is 21.1 Å². The Kier molecular flexibility index (Phi) is 7.43. The van der Waals surface area contributed by atoms with Crippen LogP contribution in [0.15, 0.2) is 21.9 Å². The van der Waals surface area contributed by atoms with Crippen LogP contribution < -0.4 is 0 Å². The molecule has 0 fully saturated rings. The van der Waals surface area contributed by atoms with Crippen LogP contribution in [-0.4, -0.2) is 47.2 Å². The maximum absolute atomic E-state index is 12.3. The van der Waals surface area contributed by atoms with Crippen LogP contribution in [0.25, 0.3) is 0 Å². The Hall–Kier alpha value is -1.89. The van der Waals surface area contributed by atoms with E-state index in [1.807, 2.05) is 0 Å². The van der Waals surface area contributed by atoms with Gasteiger partial charge in [0.1, 0.15) is 16.4 Å². The van der Waals surface area contributed by atoms with Gasteiger partial charge in [0.15, 0.2) is 5.82 Å². The fourth-order valence-corrected chi connectivity index (χ4v) is 1.33. The minimum atomic E-state index is -0.953. The van der Waals surface area contributed by atoms with Crippen molar-refractivity contribution < 1.29 is 19.1 Å². The first-order valence-electron chi connectivity index (χ1n) is 6.87. The molecule has 7 nitrogen and oxygen atoms in total.